The molecular weight excluding hydrogens is 231 g/mol. The van der Waals surface area contributed by atoms with E-state index in [-0.39, 0.29) is 12.1 Å². The zero-order valence-electron chi connectivity index (χ0n) is 8.93. The fourth-order valence-corrected chi connectivity index (χ4v) is 1.68. The molecule has 0 radical (unpaired) electrons. The number of fused-ring (bicyclic) bond motifs is 1. The summed E-state index contributed by atoms with van der Waals surface area (Å²) < 4.78 is 13.8. The van der Waals surface area contributed by atoms with E-state index >= 15 is 0 Å². The van der Waals surface area contributed by atoms with Crippen LogP contribution in [0.25, 0.3) is 0 Å². The summed E-state index contributed by atoms with van der Waals surface area (Å²) in [5.41, 5.74) is 2.90. The van der Waals surface area contributed by atoms with Crippen LogP contribution in [0.4, 0.5) is 0 Å². The van der Waals surface area contributed by atoms with Gasteiger partial charge in [-0.05, 0) is 25.5 Å². The van der Waals surface area contributed by atoms with E-state index in [4.69, 9.17) is 19.1 Å². The van der Waals surface area contributed by atoms with Crippen LogP contribution in [-0.4, -0.2) is 15.8 Å². The summed E-state index contributed by atoms with van der Waals surface area (Å²) in [5.74, 6) is -0.193. The minimum absolute atomic E-state index is 0.0753. The Morgan fingerprint density at radius 2 is 1.94 bits per heavy atom. The summed E-state index contributed by atoms with van der Waals surface area (Å²) in [6, 6.07) is 5.69. The second-order valence-electron chi connectivity index (χ2n) is 3.37. The van der Waals surface area contributed by atoms with Gasteiger partial charge in [-0.1, -0.05) is 12.1 Å². The van der Waals surface area contributed by atoms with Gasteiger partial charge in [0.25, 0.3) is 0 Å². The average Bonchev–Trinajstić information content (AvgIpc) is 2.43. The molecular formula is C10H13O5P. The van der Waals surface area contributed by atoms with Crippen molar-refractivity contribution in [2.45, 2.75) is 20.0 Å². The molecule has 1 aromatic rings. The quantitative estimate of drug-likeness (QED) is 0.534. The maximum atomic E-state index is 11.2. The van der Waals surface area contributed by atoms with Crippen LogP contribution in [0.1, 0.15) is 34.5 Å². The summed E-state index contributed by atoms with van der Waals surface area (Å²) >= 11 is 0. The van der Waals surface area contributed by atoms with Gasteiger partial charge in [0.2, 0.25) is 0 Å². The van der Waals surface area contributed by atoms with Gasteiger partial charge in [-0.3, -0.25) is 4.57 Å². The second-order valence-corrected chi connectivity index (χ2v) is 3.93. The summed E-state index contributed by atoms with van der Waals surface area (Å²) in [6.45, 7) is 3.90. The van der Waals surface area contributed by atoms with E-state index < -0.39 is 8.25 Å². The molecule has 0 saturated carbocycles. The number of hydrogen-bond acceptors (Lipinski definition) is 3. The van der Waals surface area contributed by atoms with Gasteiger partial charge in [0, 0.05) is 5.56 Å². The molecule has 0 aromatic heterocycles. The molecule has 1 aliphatic rings. The predicted molar refractivity (Wildman–Crippen MR) is 58.4 cm³/mol. The Labute approximate surface area is 93.6 Å². The molecule has 1 aromatic carbocycles. The first-order valence-corrected chi connectivity index (χ1v) is 5.96. The molecule has 0 fully saturated rings. The van der Waals surface area contributed by atoms with Gasteiger partial charge in [-0.15, -0.1) is 0 Å². The predicted octanol–water partition coefficient (Wildman–Crippen LogP) is 1.59. The Hall–Kier alpha value is -1.16. The molecule has 0 aliphatic carbocycles. The van der Waals surface area contributed by atoms with Gasteiger partial charge in [0.1, 0.15) is 6.10 Å². The number of carbonyl (C=O) groups excluding carboxylic acids is 1. The standard InChI is InChI=1S/C10H10O2.H3O3P/c1-6-4-3-5-8-9(6)7(2)12-10(8)11;1-4(2)3/h3-5,7H,1-2H3;4H,(H2,1,2,3). The van der Waals surface area contributed by atoms with Crippen LogP contribution < -0.4 is 0 Å². The van der Waals surface area contributed by atoms with Crippen molar-refractivity contribution in [2.24, 2.45) is 0 Å². The summed E-state index contributed by atoms with van der Waals surface area (Å²) in [7, 11) is -3.13. The molecule has 0 amide bonds. The third-order valence-electron chi connectivity index (χ3n) is 2.23. The minimum atomic E-state index is -3.13. The smallest absolute Gasteiger partial charge is 0.339 e. The minimum Gasteiger partial charge on any atom is -0.454 e. The first-order chi connectivity index (χ1) is 7.43. The molecule has 5 nitrogen and oxygen atoms in total. The van der Waals surface area contributed by atoms with Crippen LogP contribution in [0, 0.1) is 6.92 Å². The molecule has 0 spiro atoms. The Morgan fingerprint density at radius 1 is 1.38 bits per heavy atom. The Morgan fingerprint density at radius 3 is 2.44 bits per heavy atom. The number of cyclic esters (lactones) is 1. The van der Waals surface area contributed by atoms with E-state index in [2.05, 4.69) is 0 Å². The lowest BCUT2D eigenvalue weighted by atomic mass is 10.0. The van der Waals surface area contributed by atoms with Crippen molar-refractivity contribution in [3.63, 3.8) is 0 Å². The van der Waals surface area contributed by atoms with Crippen LogP contribution in [0.3, 0.4) is 0 Å². The van der Waals surface area contributed by atoms with Gasteiger partial charge in [-0.2, -0.15) is 0 Å². The van der Waals surface area contributed by atoms with Crippen molar-refractivity contribution in [2.75, 3.05) is 0 Å². The van der Waals surface area contributed by atoms with Gasteiger partial charge in [0.15, 0.2) is 0 Å². The van der Waals surface area contributed by atoms with Crippen LogP contribution in [-0.2, 0) is 9.30 Å². The maximum Gasteiger partial charge on any atom is 0.339 e. The van der Waals surface area contributed by atoms with Crippen molar-refractivity contribution in [1.29, 1.82) is 0 Å². The molecule has 1 unspecified atom stereocenters. The second kappa shape index (κ2) is 5.25. The molecule has 2 N–H and O–H groups in total. The lowest BCUT2D eigenvalue weighted by Gasteiger charge is -2.04. The monoisotopic (exact) mass is 244 g/mol. The molecule has 16 heavy (non-hydrogen) atoms. The van der Waals surface area contributed by atoms with Gasteiger partial charge >= 0.3 is 14.2 Å². The van der Waals surface area contributed by atoms with Crippen molar-refractivity contribution in [3.05, 3.63) is 34.9 Å². The van der Waals surface area contributed by atoms with E-state index in [9.17, 15) is 4.79 Å². The number of carbonyl (C=O) groups is 1. The van der Waals surface area contributed by atoms with Crippen LogP contribution in [0.5, 0.6) is 0 Å². The number of ether oxygens (including phenoxy) is 1. The first-order valence-electron chi connectivity index (χ1n) is 4.66. The normalized spacial score (nSPS) is 17.6. The van der Waals surface area contributed by atoms with Gasteiger partial charge in [-0.25, -0.2) is 4.79 Å². The molecule has 1 atom stereocenters. The van der Waals surface area contributed by atoms with E-state index in [0.29, 0.717) is 0 Å². The van der Waals surface area contributed by atoms with Gasteiger partial charge < -0.3 is 14.5 Å². The van der Waals surface area contributed by atoms with E-state index in [0.717, 1.165) is 16.7 Å². The van der Waals surface area contributed by atoms with Crippen LogP contribution >= 0.6 is 8.25 Å². The molecule has 88 valence electrons. The lowest BCUT2D eigenvalue weighted by Crippen LogP contribution is -1.93. The molecule has 0 bridgehead atoms. The first kappa shape index (κ1) is 12.9. The Kier molecular flexibility index (Phi) is 4.24. The van der Waals surface area contributed by atoms with Crippen molar-refractivity contribution < 1.29 is 23.9 Å². The highest BCUT2D eigenvalue weighted by Gasteiger charge is 2.28. The molecule has 6 heteroatoms. The number of benzene rings is 1. The van der Waals surface area contributed by atoms with Crippen LogP contribution in [0.2, 0.25) is 0 Å². The highest BCUT2D eigenvalue weighted by atomic mass is 31.1. The summed E-state index contributed by atoms with van der Waals surface area (Å²) in [4.78, 5) is 25.5. The van der Waals surface area contributed by atoms with Crippen molar-refractivity contribution >= 4 is 14.2 Å². The van der Waals surface area contributed by atoms with E-state index in [1.165, 1.54) is 0 Å². The van der Waals surface area contributed by atoms with E-state index in [1.807, 2.05) is 32.0 Å². The average molecular weight is 244 g/mol. The van der Waals surface area contributed by atoms with Gasteiger partial charge in [0.05, 0.1) is 5.56 Å². The zero-order valence-corrected chi connectivity index (χ0v) is 9.93. The zero-order chi connectivity index (χ0) is 12.3. The molecule has 1 heterocycles. The Bertz CT molecular complexity index is 425. The molecule has 2 rings (SSSR count). The molecule has 1 aliphatic heterocycles. The third-order valence-corrected chi connectivity index (χ3v) is 2.23. The van der Waals surface area contributed by atoms with Crippen molar-refractivity contribution in [1.82, 2.24) is 0 Å². The SMILES string of the molecule is Cc1cccc2c1C(C)OC2=O.O=[PH](O)O. The number of rotatable bonds is 0. The third kappa shape index (κ3) is 2.92. The topological polar surface area (TPSA) is 83.8 Å². The van der Waals surface area contributed by atoms with Crippen molar-refractivity contribution in [3.8, 4) is 0 Å². The Balaban J connectivity index is 0.000000280. The highest BCUT2D eigenvalue weighted by Crippen LogP contribution is 2.32. The summed E-state index contributed by atoms with van der Waals surface area (Å²) in [6.07, 6.45) is -0.0753. The number of esters is 1. The fourth-order valence-electron chi connectivity index (χ4n) is 1.68. The fraction of sp³-hybridized carbons (Fsp3) is 0.300. The van der Waals surface area contributed by atoms with Crippen LogP contribution in [0.15, 0.2) is 18.2 Å². The molecule has 0 saturated heterocycles. The number of aryl methyl sites for hydroxylation is 1. The summed E-state index contributed by atoms with van der Waals surface area (Å²) in [5, 5.41) is 0. The van der Waals surface area contributed by atoms with E-state index in [1.54, 1.807) is 0 Å². The number of hydrogen-bond donors (Lipinski definition) is 2. The largest absolute Gasteiger partial charge is 0.454 e. The highest BCUT2D eigenvalue weighted by molar-refractivity contribution is 7.30. The lowest BCUT2D eigenvalue weighted by molar-refractivity contribution is 0.0421. The maximum absolute atomic E-state index is 11.2.